The fraction of sp³-hybridized carbons (Fsp3) is 0.179. The zero-order chi connectivity index (χ0) is 24.4. The largest absolute Gasteiger partial charge is 0.507 e. The molecule has 7 nitrogen and oxygen atoms in total. The smallest absolute Gasteiger partial charge is 0.295 e. The second-order valence-corrected chi connectivity index (χ2v) is 8.49. The number of nitrogens with zero attached hydrogens (tertiary/aromatic N) is 3. The van der Waals surface area contributed by atoms with E-state index in [2.05, 4.69) is 4.98 Å². The zero-order valence-corrected chi connectivity index (χ0v) is 19.3. The van der Waals surface area contributed by atoms with Gasteiger partial charge in [0.1, 0.15) is 11.5 Å². The number of hydrogen-bond acceptors (Lipinski definition) is 5. The Balaban J connectivity index is 1.54. The van der Waals surface area contributed by atoms with Gasteiger partial charge in [-0.3, -0.25) is 9.59 Å². The third-order valence-electron chi connectivity index (χ3n) is 6.35. The van der Waals surface area contributed by atoms with Gasteiger partial charge in [-0.15, -0.1) is 0 Å². The number of carbonyl (C=O) groups is 2. The minimum atomic E-state index is -0.672. The van der Waals surface area contributed by atoms with Gasteiger partial charge in [0.15, 0.2) is 0 Å². The quantitative estimate of drug-likeness (QED) is 0.245. The SMILES string of the molecule is COc1ccc2cc(/C(O)=C3\C(=O)C(=O)N(CCCn4ccnc4)C3c3ccccc3)ccc2c1. The second kappa shape index (κ2) is 9.46. The van der Waals surface area contributed by atoms with Crippen molar-refractivity contribution in [3.63, 3.8) is 0 Å². The van der Waals surface area contributed by atoms with Gasteiger partial charge in [0, 0.05) is 31.0 Å². The number of ketones is 1. The Bertz CT molecular complexity index is 1410. The Kier molecular flexibility index (Phi) is 6.06. The predicted molar refractivity (Wildman–Crippen MR) is 133 cm³/mol. The van der Waals surface area contributed by atoms with E-state index < -0.39 is 17.7 Å². The molecule has 1 aliphatic rings. The first-order valence-corrected chi connectivity index (χ1v) is 11.4. The highest BCUT2D eigenvalue weighted by Crippen LogP contribution is 2.39. The molecule has 1 aromatic heterocycles. The number of carbonyl (C=O) groups excluding carboxylic acids is 2. The van der Waals surface area contributed by atoms with Gasteiger partial charge in [-0.05, 0) is 41.0 Å². The number of benzene rings is 3. The summed E-state index contributed by atoms with van der Waals surface area (Å²) in [5.41, 5.74) is 1.37. The van der Waals surface area contributed by atoms with E-state index >= 15 is 0 Å². The Labute approximate surface area is 202 Å². The Morgan fingerprint density at radius 3 is 2.51 bits per heavy atom. The van der Waals surface area contributed by atoms with Crippen molar-refractivity contribution >= 4 is 28.2 Å². The Morgan fingerprint density at radius 1 is 1.00 bits per heavy atom. The van der Waals surface area contributed by atoms with E-state index in [4.69, 9.17) is 4.74 Å². The molecule has 1 atom stereocenters. The third kappa shape index (κ3) is 4.28. The lowest BCUT2D eigenvalue weighted by atomic mass is 9.94. The summed E-state index contributed by atoms with van der Waals surface area (Å²) in [6, 6.07) is 19.8. The average Bonchev–Trinajstić information content (AvgIpc) is 3.50. The van der Waals surface area contributed by atoms with Gasteiger partial charge in [-0.25, -0.2) is 4.98 Å². The van der Waals surface area contributed by atoms with Crippen LogP contribution in [0.5, 0.6) is 5.75 Å². The molecule has 3 aromatic carbocycles. The van der Waals surface area contributed by atoms with Gasteiger partial charge in [-0.1, -0.05) is 48.5 Å². The summed E-state index contributed by atoms with van der Waals surface area (Å²) in [6.45, 7) is 1.04. The van der Waals surface area contributed by atoms with Crippen LogP contribution in [-0.4, -0.2) is 44.9 Å². The van der Waals surface area contributed by atoms with Crippen molar-refractivity contribution in [1.82, 2.24) is 14.5 Å². The van der Waals surface area contributed by atoms with Gasteiger partial charge >= 0.3 is 0 Å². The molecule has 35 heavy (non-hydrogen) atoms. The van der Waals surface area contributed by atoms with Crippen LogP contribution in [0.1, 0.15) is 23.6 Å². The Hall–Kier alpha value is -4.39. The number of amides is 1. The molecule has 7 heteroatoms. The summed E-state index contributed by atoms with van der Waals surface area (Å²) in [5.74, 6) is -0.711. The number of ether oxygens (including phenoxy) is 1. The van der Waals surface area contributed by atoms with Crippen molar-refractivity contribution < 1.29 is 19.4 Å². The predicted octanol–water partition coefficient (Wildman–Crippen LogP) is 4.56. The van der Waals surface area contributed by atoms with Crippen LogP contribution >= 0.6 is 0 Å². The maximum Gasteiger partial charge on any atom is 0.295 e. The van der Waals surface area contributed by atoms with E-state index in [0.717, 1.165) is 22.1 Å². The number of hydrogen-bond donors (Lipinski definition) is 1. The maximum atomic E-state index is 13.2. The first-order chi connectivity index (χ1) is 17.1. The molecule has 0 bridgehead atoms. The van der Waals surface area contributed by atoms with Gasteiger partial charge in [0.05, 0.1) is 25.1 Å². The monoisotopic (exact) mass is 467 g/mol. The standard InChI is InChI=1S/C28H25N3O4/c1-35-23-11-10-20-16-22(9-8-21(20)17-23)26(32)24-25(19-6-3-2-4-7-19)31(28(34)27(24)33)14-5-13-30-15-12-29-18-30/h2-4,6-12,15-18,25,32H,5,13-14H2,1H3/b26-24+. The lowest BCUT2D eigenvalue weighted by Gasteiger charge is -2.25. The molecule has 176 valence electrons. The first kappa shape index (κ1) is 22.4. The van der Waals surface area contributed by atoms with Gasteiger partial charge in [-0.2, -0.15) is 0 Å². The normalized spacial score (nSPS) is 17.3. The fourth-order valence-electron chi connectivity index (χ4n) is 4.59. The molecule has 5 rings (SSSR count). The van der Waals surface area contributed by atoms with Crippen LogP contribution in [-0.2, 0) is 16.1 Å². The molecule has 0 aliphatic carbocycles. The lowest BCUT2D eigenvalue weighted by molar-refractivity contribution is -0.139. The molecule has 1 amide bonds. The highest BCUT2D eigenvalue weighted by molar-refractivity contribution is 6.46. The van der Waals surface area contributed by atoms with E-state index in [1.807, 2.05) is 71.4 Å². The van der Waals surface area contributed by atoms with Crippen LogP contribution in [0.25, 0.3) is 16.5 Å². The van der Waals surface area contributed by atoms with Gasteiger partial charge in [0.25, 0.3) is 11.7 Å². The summed E-state index contributed by atoms with van der Waals surface area (Å²) >= 11 is 0. The number of imidazole rings is 1. The van der Waals surface area contributed by atoms with Crippen molar-refractivity contribution in [3.8, 4) is 5.75 Å². The zero-order valence-electron chi connectivity index (χ0n) is 19.3. The van der Waals surface area contributed by atoms with Crippen LogP contribution in [0.15, 0.2) is 91.0 Å². The first-order valence-electron chi connectivity index (χ1n) is 11.4. The minimum absolute atomic E-state index is 0.108. The number of rotatable bonds is 7. The molecule has 2 heterocycles. The second-order valence-electron chi connectivity index (χ2n) is 8.49. The van der Waals surface area contributed by atoms with Crippen molar-refractivity contribution in [3.05, 3.63) is 102 Å². The van der Waals surface area contributed by atoms with Crippen molar-refractivity contribution in [2.24, 2.45) is 0 Å². The van der Waals surface area contributed by atoms with Crippen LogP contribution in [0.2, 0.25) is 0 Å². The molecule has 1 unspecified atom stereocenters. The summed E-state index contributed by atoms with van der Waals surface area (Å²) < 4.78 is 7.22. The number of likely N-dealkylation sites (tertiary alicyclic amines) is 1. The number of aliphatic hydroxyl groups is 1. The van der Waals surface area contributed by atoms with E-state index in [-0.39, 0.29) is 11.3 Å². The average molecular weight is 468 g/mol. The van der Waals surface area contributed by atoms with Gasteiger partial charge < -0.3 is 19.3 Å². The lowest BCUT2D eigenvalue weighted by Crippen LogP contribution is -2.31. The molecule has 1 fully saturated rings. The topological polar surface area (TPSA) is 84.7 Å². The molecule has 1 saturated heterocycles. The molecule has 0 saturated carbocycles. The van der Waals surface area contributed by atoms with E-state index in [0.29, 0.717) is 25.1 Å². The number of aryl methyl sites for hydroxylation is 1. The summed E-state index contributed by atoms with van der Waals surface area (Å²) in [4.78, 5) is 31.9. The number of fused-ring (bicyclic) bond motifs is 1. The fourth-order valence-corrected chi connectivity index (χ4v) is 4.59. The molecule has 0 spiro atoms. The number of aromatic nitrogens is 2. The number of Topliss-reactive ketones (excluding diaryl/α,β-unsaturated/α-hetero) is 1. The van der Waals surface area contributed by atoms with Crippen LogP contribution in [0, 0.1) is 0 Å². The van der Waals surface area contributed by atoms with E-state index in [9.17, 15) is 14.7 Å². The molecule has 1 aliphatic heterocycles. The third-order valence-corrected chi connectivity index (χ3v) is 6.35. The van der Waals surface area contributed by atoms with E-state index in [1.54, 1.807) is 30.6 Å². The minimum Gasteiger partial charge on any atom is -0.507 e. The van der Waals surface area contributed by atoms with Crippen molar-refractivity contribution in [1.29, 1.82) is 0 Å². The summed E-state index contributed by atoms with van der Waals surface area (Å²) in [7, 11) is 1.61. The molecule has 1 N–H and O–H groups in total. The molecule has 0 radical (unpaired) electrons. The summed E-state index contributed by atoms with van der Waals surface area (Å²) in [6.07, 6.45) is 5.93. The maximum absolute atomic E-state index is 13.2. The van der Waals surface area contributed by atoms with Gasteiger partial charge in [0.2, 0.25) is 0 Å². The van der Waals surface area contributed by atoms with E-state index in [1.165, 1.54) is 0 Å². The van der Waals surface area contributed by atoms with Crippen LogP contribution < -0.4 is 4.74 Å². The highest BCUT2D eigenvalue weighted by Gasteiger charge is 2.45. The van der Waals surface area contributed by atoms with Crippen LogP contribution in [0.4, 0.5) is 0 Å². The van der Waals surface area contributed by atoms with Crippen molar-refractivity contribution in [2.45, 2.75) is 19.0 Å². The Morgan fingerprint density at radius 2 is 1.77 bits per heavy atom. The molecule has 4 aromatic rings. The molecular weight excluding hydrogens is 442 g/mol. The van der Waals surface area contributed by atoms with Crippen LogP contribution in [0.3, 0.4) is 0 Å². The highest BCUT2D eigenvalue weighted by atomic mass is 16.5. The molecular formula is C28H25N3O4. The number of methoxy groups -OCH3 is 1. The summed E-state index contributed by atoms with van der Waals surface area (Å²) in [5, 5.41) is 13.2. The number of aliphatic hydroxyl groups excluding tert-OH is 1. The van der Waals surface area contributed by atoms with Crippen molar-refractivity contribution in [2.75, 3.05) is 13.7 Å².